The van der Waals surface area contributed by atoms with Crippen LogP contribution < -0.4 is 14.8 Å². The Morgan fingerprint density at radius 3 is 2.42 bits per heavy atom. The minimum absolute atomic E-state index is 0.0104. The van der Waals surface area contributed by atoms with E-state index in [9.17, 15) is 21.6 Å². The fourth-order valence-corrected chi connectivity index (χ4v) is 5.62. The summed E-state index contributed by atoms with van der Waals surface area (Å²) < 4.78 is 60.0. The number of amides is 1. The van der Waals surface area contributed by atoms with Gasteiger partial charge in [-0.3, -0.25) is 9.52 Å². The smallest absolute Gasteiger partial charge is 0.262 e. The van der Waals surface area contributed by atoms with Crippen molar-refractivity contribution >= 4 is 37.3 Å². The largest absolute Gasteiger partial charge is 0.494 e. The number of carbonyl (C=O) groups is 1. The van der Waals surface area contributed by atoms with E-state index in [2.05, 4.69) is 15.0 Å². The lowest BCUT2D eigenvalue weighted by atomic mass is 9.97. The molecule has 1 aliphatic heterocycles. The maximum Gasteiger partial charge on any atom is 0.262 e. The molecule has 0 radical (unpaired) electrons. The van der Waals surface area contributed by atoms with Crippen LogP contribution in [0.4, 0.5) is 11.4 Å². The van der Waals surface area contributed by atoms with Crippen molar-refractivity contribution in [3.8, 4) is 5.75 Å². The molecule has 0 atom stereocenters. The number of rotatable bonds is 8. The van der Waals surface area contributed by atoms with Gasteiger partial charge in [-0.15, -0.1) is 0 Å². The number of sulfonamides is 2. The highest BCUT2D eigenvalue weighted by atomic mass is 32.2. The van der Waals surface area contributed by atoms with Gasteiger partial charge in [0.05, 0.1) is 18.6 Å². The van der Waals surface area contributed by atoms with Gasteiger partial charge in [-0.05, 0) is 38.8 Å². The van der Waals surface area contributed by atoms with E-state index in [-0.39, 0.29) is 47.1 Å². The van der Waals surface area contributed by atoms with Crippen molar-refractivity contribution in [1.29, 1.82) is 0 Å². The Morgan fingerprint density at radius 1 is 1.21 bits per heavy atom. The van der Waals surface area contributed by atoms with Gasteiger partial charge in [0.1, 0.15) is 11.6 Å². The van der Waals surface area contributed by atoms with Gasteiger partial charge in [-0.2, -0.15) is 4.31 Å². The van der Waals surface area contributed by atoms with Crippen LogP contribution in [0.15, 0.2) is 29.4 Å². The molecule has 2 heterocycles. The Kier molecular flexibility index (Phi) is 7.34. The highest BCUT2D eigenvalue weighted by molar-refractivity contribution is 7.92. The van der Waals surface area contributed by atoms with E-state index in [0.29, 0.717) is 24.4 Å². The molecule has 0 spiro atoms. The number of imidazole rings is 1. The number of hydrogen-bond donors (Lipinski definition) is 2. The van der Waals surface area contributed by atoms with Gasteiger partial charge in [-0.1, -0.05) is 0 Å². The van der Waals surface area contributed by atoms with Crippen molar-refractivity contribution in [2.24, 2.45) is 13.0 Å². The fraction of sp³-hybridized carbons (Fsp3) is 0.500. The Morgan fingerprint density at radius 2 is 1.88 bits per heavy atom. The number of benzene rings is 1. The van der Waals surface area contributed by atoms with E-state index in [1.165, 1.54) is 36.7 Å². The van der Waals surface area contributed by atoms with E-state index in [1.54, 1.807) is 24.6 Å². The van der Waals surface area contributed by atoms with Crippen LogP contribution in [0, 0.1) is 12.8 Å². The number of aryl methyl sites for hydroxylation is 2. The van der Waals surface area contributed by atoms with Crippen molar-refractivity contribution in [1.82, 2.24) is 13.9 Å². The number of aromatic nitrogens is 2. The summed E-state index contributed by atoms with van der Waals surface area (Å²) in [5.74, 6) is 0.210. The van der Waals surface area contributed by atoms with Gasteiger partial charge in [-0.25, -0.2) is 21.8 Å². The zero-order chi connectivity index (χ0) is 24.4. The summed E-state index contributed by atoms with van der Waals surface area (Å²) in [6.07, 6.45) is 2.24. The average Bonchev–Trinajstić information content (AvgIpc) is 3.13. The Hall–Kier alpha value is -2.64. The third-order valence-electron chi connectivity index (χ3n) is 5.63. The molecular formula is C20H29N5O6S2. The molecule has 1 aromatic carbocycles. The molecule has 0 unspecified atom stereocenters. The second-order valence-electron chi connectivity index (χ2n) is 7.83. The van der Waals surface area contributed by atoms with Crippen LogP contribution in [0.3, 0.4) is 0 Å². The summed E-state index contributed by atoms with van der Waals surface area (Å²) >= 11 is 0. The molecule has 3 rings (SSSR count). The first-order valence-electron chi connectivity index (χ1n) is 10.5. The van der Waals surface area contributed by atoms with Crippen LogP contribution in [0.2, 0.25) is 0 Å². The molecular weight excluding hydrogens is 470 g/mol. The quantitative estimate of drug-likeness (QED) is 0.561. The lowest BCUT2D eigenvalue weighted by Gasteiger charge is -2.30. The number of anilines is 2. The summed E-state index contributed by atoms with van der Waals surface area (Å²) in [6.45, 7) is 3.70. The number of carbonyl (C=O) groups excluding carboxylic acids is 1. The molecule has 182 valence electrons. The Balaban J connectivity index is 1.63. The number of nitrogens with zero attached hydrogens (tertiary/aromatic N) is 3. The van der Waals surface area contributed by atoms with Gasteiger partial charge in [0.15, 0.2) is 5.03 Å². The summed E-state index contributed by atoms with van der Waals surface area (Å²) in [7, 11) is -4.04. The standard InChI is InChI=1S/C20H29N5O6S2/c1-5-32(27,28)23-17-7-6-16(12-18(17)31-4)22-20(26)15-8-10-25(11-9-15)33(29,30)19-13-24(3)14(2)21-19/h6-7,12-13,15,23H,5,8-11H2,1-4H3,(H,22,26). The van der Waals surface area contributed by atoms with Crippen LogP contribution in [-0.2, 0) is 31.9 Å². The van der Waals surface area contributed by atoms with Gasteiger partial charge < -0.3 is 14.6 Å². The fourth-order valence-electron chi connectivity index (χ4n) is 3.48. The van der Waals surface area contributed by atoms with Crippen molar-refractivity contribution in [3.05, 3.63) is 30.2 Å². The van der Waals surface area contributed by atoms with Gasteiger partial charge in [0.25, 0.3) is 10.0 Å². The predicted octanol–water partition coefficient (Wildman–Crippen LogP) is 1.54. The minimum Gasteiger partial charge on any atom is -0.494 e. The normalized spacial score (nSPS) is 15.9. The third kappa shape index (κ3) is 5.65. The van der Waals surface area contributed by atoms with Crippen LogP contribution in [0.5, 0.6) is 5.75 Å². The molecule has 1 fully saturated rings. The first-order valence-corrected chi connectivity index (χ1v) is 13.6. The zero-order valence-corrected chi connectivity index (χ0v) is 20.7. The molecule has 0 bridgehead atoms. The second kappa shape index (κ2) is 9.69. The highest BCUT2D eigenvalue weighted by Crippen LogP contribution is 2.30. The lowest BCUT2D eigenvalue weighted by Crippen LogP contribution is -2.41. The molecule has 2 aromatic rings. The van der Waals surface area contributed by atoms with Gasteiger partial charge in [0.2, 0.25) is 15.9 Å². The molecule has 1 saturated heterocycles. The molecule has 33 heavy (non-hydrogen) atoms. The predicted molar refractivity (Wildman–Crippen MR) is 124 cm³/mol. The summed E-state index contributed by atoms with van der Waals surface area (Å²) in [5.41, 5.74) is 0.732. The van der Waals surface area contributed by atoms with E-state index >= 15 is 0 Å². The highest BCUT2D eigenvalue weighted by Gasteiger charge is 2.33. The first kappa shape index (κ1) is 25.0. The van der Waals surface area contributed by atoms with Crippen LogP contribution >= 0.6 is 0 Å². The summed E-state index contributed by atoms with van der Waals surface area (Å²) in [6, 6.07) is 4.64. The van der Waals surface area contributed by atoms with Crippen LogP contribution in [-0.4, -0.2) is 62.6 Å². The maximum absolute atomic E-state index is 12.8. The maximum atomic E-state index is 12.8. The molecule has 1 aromatic heterocycles. The topological polar surface area (TPSA) is 140 Å². The monoisotopic (exact) mass is 499 g/mol. The zero-order valence-electron chi connectivity index (χ0n) is 19.0. The second-order valence-corrected chi connectivity index (χ2v) is 11.7. The number of ether oxygens (including phenoxy) is 1. The third-order valence-corrected chi connectivity index (χ3v) is 8.69. The van der Waals surface area contributed by atoms with Crippen LogP contribution in [0.1, 0.15) is 25.6 Å². The molecule has 0 saturated carbocycles. The molecule has 11 nitrogen and oxygen atoms in total. The number of hydrogen-bond acceptors (Lipinski definition) is 7. The summed E-state index contributed by atoms with van der Waals surface area (Å²) in [5, 5.41) is 2.82. The van der Waals surface area contributed by atoms with Crippen LogP contribution in [0.25, 0.3) is 0 Å². The van der Waals surface area contributed by atoms with E-state index in [4.69, 9.17) is 4.74 Å². The average molecular weight is 500 g/mol. The summed E-state index contributed by atoms with van der Waals surface area (Å²) in [4.78, 5) is 16.9. The molecule has 13 heteroatoms. The Labute approximate surface area is 194 Å². The number of methoxy groups -OCH3 is 1. The van der Waals surface area contributed by atoms with E-state index in [1.807, 2.05) is 0 Å². The minimum atomic E-state index is -3.71. The SMILES string of the molecule is CCS(=O)(=O)Nc1ccc(NC(=O)C2CCN(S(=O)(=O)c3cn(C)c(C)n3)CC2)cc1OC. The van der Waals surface area contributed by atoms with Crippen molar-refractivity contribution in [2.45, 2.75) is 31.7 Å². The molecule has 2 N–H and O–H groups in total. The Bertz CT molecular complexity index is 1210. The number of piperidine rings is 1. The van der Waals surface area contributed by atoms with Crippen molar-refractivity contribution in [3.63, 3.8) is 0 Å². The molecule has 1 amide bonds. The van der Waals surface area contributed by atoms with Crippen molar-refractivity contribution < 1.29 is 26.4 Å². The first-order chi connectivity index (χ1) is 15.5. The van der Waals surface area contributed by atoms with Gasteiger partial charge in [0, 0.05) is 44.0 Å². The van der Waals surface area contributed by atoms with E-state index in [0.717, 1.165) is 0 Å². The van der Waals surface area contributed by atoms with Crippen molar-refractivity contribution in [2.75, 3.05) is 36.0 Å². The van der Waals surface area contributed by atoms with Gasteiger partial charge >= 0.3 is 0 Å². The molecule has 0 aliphatic carbocycles. The lowest BCUT2D eigenvalue weighted by molar-refractivity contribution is -0.120. The molecule has 1 aliphatic rings. The number of nitrogens with one attached hydrogen (secondary N) is 2. The van der Waals surface area contributed by atoms with E-state index < -0.39 is 20.0 Å².